The molecule has 1 fully saturated rings. The minimum Gasteiger partial charge on any atom is -0.340 e. The maximum atomic E-state index is 12.1. The molecule has 1 rings (SSSR count). The third-order valence-electron chi connectivity index (χ3n) is 3.78. The molecule has 0 N–H and O–H groups in total. The second-order valence-corrected chi connectivity index (χ2v) is 9.74. The highest BCUT2D eigenvalue weighted by atomic mass is 32.2. The molecule has 0 aliphatic heterocycles. The maximum Gasteiger partial charge on any atom is 0.237 e. The molecule has 0 unspecified atom stereocenters. The van der Waals surface area contributed by atoms with E-state index in [9.17, 15) is 21.6 Å². The van der Waals surface area contributed by atoms with Crippen molar-refractivity contribution in [1.29, 1.82) is 0 Å². The molecule has 0 spiro atoms. The van der Waals surface area contributed by atoms with Gasteiger partial charge in [-0.2, -0.15) is 4.31 Å². The largest absolute Gasteiger partial charge is 0.340 e. The monoisotopic (exact) mass is 326 g/mol. The number of hydrogen-bond acceptors (Lipinski definition) is 5. The van der Waals surface area contributed by atoms with Crippen LogP contribution in [0.1, 0.15) is 19.3 Å². The molecular formula is C11H22N2O5S2. The van der Waals surface area contributed by atoms with Crippen molar-refractivity contribution < 1.29 is 21.6 Å². The fraction of sp³-hybridized carbons (Fsp3) is 0.909. The molecule has 2 atom stereocenters. The van der Waals surface area contributed by atoms with Crippen LogP contribution in [0, 0.1) is 0 Å². The first kappa shape index (κ1) is 17.4. The first-order chi connectivity index (χ1) is 8.94. The van der Waals surface area contributed by atoms with Gasteiger partial charge in [-0.25, -0.2) is 16.8 Å². The quantitative estimate of drug-likeness (QED) is 0.666. The van der Waals surface area contributed by atoms with Gasteiger partial charge in [-0.05, 0) is 19.3 Å². The zero-order chi connectivity index (χ0) is 15.7. The van der Waals surface area contributed by atoms with Crippen LogP contribution >= 0.6 is 0 Å². The molecule has 0 aromatic rings. The summed E-state index contributed by atoms with van der Waals surface area (Å²) in [5.74, 6) is -0.390. The smallest absolute Gasteiger partial charge is 0.237 e. The topological polar surface area (TPSA) is 91.8 Å². The molecule has 118 valence electrons. The highest BCUT2D eigenvalue weighted by Gasteiger charge is 2.39. The molecule has 9 heteroatoms. The zero-order valence-corrected chi connectivity index (χ0v) is 13.9. The van der Waals surface area contributed by atoms with Crippen LogP contribution in [0.4, 0.5) is 0 Å². The summed E-state index contributed by atoms with van der Waals surface area (Å²) in [6, 6.07) is -0.370. The number of carbonyl (C=O) groups excluding carboxylic acids is 1. The molecule has 1 saturated carbocycles. The summed E-state index contributed by atoms with van der Waals surface area (Å²) in [6.45, 7) is -0.275. The molecule has 0 aromatic heterocycles. The van der Waals surface area contributed by atoms with Crippen molar-refractivity contribution in [3.8, 4) is 0 Å². The van der Waals surface area contributed by atoms with Crippen LogP contribution in [0.5, 0.6) is 0 Å². The first-order valence-corrected chi connectivity index (χ1v) is 10.1. The van der Waals surface area contributed by atoms with E-state index >= 15 is 0 Å². The average molecular weight is 326 g/mol. The van der Waals surface area contributed by atoms with Gasteiger partial charge >= 0.3 is 0 Å². The number of rotatable bonds is 5. The van der Waals surface area contributed by atoms with Crippen molar-refractivity contribution in [1.82, 2.24) is 9.21 Å². The fourth-order valence-corrected chi connectivity index (χ4v) is 4.28. The van der Waals surface area contributed by atoms with Crippen LogP contribution < -0.4 is 0 Å². The summed E-state index contributed by atoms with van der Waals surface area (Å²) in [4.78, 5) is 13.5. The number of sulfone groups is 1. The molecule has 1 aliphatic rings. The van der Waals surface area contributed by atoms with E-state index in [1.54, 1.807) is 0 Å². The summed E-state index contributed by atoms with van der Waals surface area (Å²) in [5.41, 5.74) is 0. The second kappa shape index (κ2) is 5.98. The highest BCUT2D eigenvalue weighted by molar-refractivity contribution is 7.91. The van der Waals surface area contributed by atoms with Crippen LogP contribution in [0.2, 0.25) is 0 Å². The molecule has 20 heavy (non-hydrogen) atoms. The van der Waals surface area contributed by atoms with Gasteiger partial charge in [0.05, 0.1) is 18.1 Å². The third-order valence-corrected chi connectivity index (χ3v) is 6.69. The minimum absolute atomic E-state index is 0.275. The summed E-state index contributed by atoms with van der Waals surface area (Å²) in [7, 11) is -3.78. The van der Waals surface area contributed by atoms with Crippen LogP contribution in [-0.2, 0) is 24.7 Å². The van der Waals surface area contributed by atoms with Crippen LogP contribution in [0.25, 0.3) is 0 Å². The number of sulfonamides is 1. The number of hydrogen-bond donors (Lipinski definition) is 0. The van der Waals surface area contributed by atoms with Gasteiger partial charge in [0, 0.05) is 26.4 Å². The van der Waals surface area contributed by atoms with Crippen molar-refractivity contribution >= 4 is 25.8 Å². The van der Waals surface area contributed by atoms with E-state index in [4.69, 9.17) is 0 Å². The van der Waals surface area contributed by atoms with Crippen molar-refractivity contribution in [2.45, 2.75) is 30.6 Å². The highest BCUT2D eigenvalue weighted by Crippen LogP contribution is 2.28. The second-order valence-electron chi connectivity index (χ2n) is 5.39. The molecule has 0 aromatic carbocycles. The summed E-state index contributed by atoms with van der Waals surface area (Å²) >= 11 is 0. The maximum absolute atomic E-state index is 12.1. The van der Waals surface area contributed by atoms with Gasteiger partial charge in [0.15, 0.2) is 9.84 Å². The molecule has 1 amide bonds. The fourth-order valence-electron chi connectivity index (χ4n) is 2.45. The van der Waals surface area contributed by atoms with Gasteiger partial charge in [0.2, 0.25) is 15.9 Å². The molecule has 0 radical (unpaired) electrons. The predicted molar refractivity (Wildman–Crippen MR) is 76.5 cm³/mol. The van der Waals surface area contributed by atoms with E-state index in [1.165, 1.54) is 25.3 Å². The van der Waals surface area contributed by atoms with E-state index < -0.39 is 31.0 Å². The Kier molecular flexibility index (Phi) is 5.20. The summed E-state index contributed by atoms with van der Waals surface area (Å²) in [5, 5.41) is -0.556. The molecule has 0 bridgehead atoms. The minimum atomic E-state index is -3.43. The van der Waals surface area contributed by atoms with Crippen molar-refractivity contribution in [3.63, 3.8) is 0 Å². The lowest BCUT2D eigenvalue weighted by Gasteiger charge is -2.30. The Morgan fingerprint density at radius 1 is 1.10 bits per heavy atom. The number of carbonyl (C=O) groups is 1. The van der Waals surface area contributed by atoms with E-state index in [2.05, 4.69) is 0 Å². The molecule has 0 saturated heterocycles. The lowest BCUT2D eigenvalue weighted by Crippen LogP contribution is -2.48. The van der Waals surface area contributed by atoms with Crippen LogP contribution in [0.3, 0.4) is 0 Å². The van der Waals surface area contributed by atoms with Crippen LogP contribution in [-0.4, -0.2) is 76.4 Å². The Labute approximate surface area is 120 Å². The van der Waals surface area contributed by atoms with Gasteiger partial charge in [-0.3, -0.25) is 4.79 Å². The number of amides is 1. The van der Waals surface area contributed by atoms with E-state index in [-0.39, 0.29) is 12.6 Å². The van der Waals surface area contributed by atoms with Gasteiger partial charge in [-0.15, -0.1) is 0 Å². The van der Waals surface area contributed by atoms with Gasteiger partial charge in [0.1, 0.15) is 0 Å². The standard InChI is InChI=1S/C11H22N2O5S2/c1-12(20(4,17)18)8-11(14)13(2)9-6-5-7-10(9)19(3,15)16/h9-10H,5-8H2,1-4H3/t9-,10+/m0/s1. The van der Waals surface area contributed by atoms with Gasteiger partial charge in [0.25, 0.3) is 0 Å². The average Bonchev–Trinajstić information content (AvgIpc) is 2.74. The molecule has 1 aliphatic carbocycles. The van der Waals surface area contributed by atoms with E-state index in [0.29, 0.717) is 12.8 Å². The Balaban J connectivity index is 2.79. The SMILES string of the molecule is CN(C(=O)CN(C)S(C)(=O)=O)[C@H]1CCC[C@H]1S(C)(=O)=O. The normalized spacial score (nSPS) is 24.1. The van der Waals surface area contributed by atoms with Crippen LogP contribution in [0.15, 0.2) is 0 Å². The summed E-state index contributed by atoms with van der Waals surface area (Å²) < 4.78 is 47.0. The zero-order valence-electron chi connectivity index (χ0n) is 12.2. The third kappa shape index (κ3) is 4.16. The van der Waals surface area contributed by atoms with Crippen molar-refractivity contribution in [3.05, 3.63) is 0 Å². The Hall–Kier alpha value is -0.670. The Morgan fingerprint density at radius 2 is 1.65 bits per heavy atom. The number of likely N-dealkylation sites (N-methyl/N-ethyl adjacent to an activating group) is 2. The van der Waals surface area contributed by atoms with Crippen molar-refractivity contribution in [2.75, 3.05) is 33.2 Å². The van der Waals surface area contributed by atoms with Gasteiger partial charge in [-0.1, -0.05) is 0 Å². The van der Waals surface area contributed by atoms with Gasteiger partial charge < -0.3 is 4.90 Å². The summed E-state index contributed by atoms with van der Waals surface area (Å²) in [6.07, 6.45) is 4.12. The van der Waals surface area contributed by atoms with Crippen molar-refractivity contribution in [2.24, 2.45) is 0 Å². The lowest BCUT2D eigenvalue weighted by atomic mass is 10.2. The lowest BCUT2D eigenvalue weighted by molar-refractivity contribution is -0.131. The molecule has 0 heterocycles. The number of nitrogens with zero attached hydrogens (tertiary/aromatic N) is 2. The van der Waals surface area contributed by atoms with E-state index in [1.807, 2.05) is 0 Å². The molecule has 7 nitrogen and oxygen atoms in total. The molecular weight excluding hydrogens is 304 g/mol. The Morgan fingerprint density at radius 3 is 2.10 bits per heavy atom. The predicted octanol–water partition coefficient (Wildman–Crippen LogP) is -0.698. The van der Waals surface area contributed by atoms with E-state index in [0.717, 1.165) is 17.0 Å². The Bertz CT molecular complexity index is 570. The first-order valence-electron chi connectivity index (χ1n) is 6.30.